The minimum atomic E-state index is -4.40. The van der Waals surface area contributed by atoms with Crippen LogP contribution in [0.25, 0.3) is 27.9 Å². The molecule has 0 radical (unpaired) electrons. The van der Waals surface area contributed by atoms with Gasteiger partial charge < -0.3 is 9.15 Å². The highest BCUT2D eigenvalue weighted by atomic mass is 19.4. The largest absolute Gasteiger partial charge is 0.490 e. The summed E-state index contributed by atoms with van der Waals surface area (Å²) in [6, 6.07) is 11.7. The third-order valence-corrected chi connectivity index (χ3v) is 4.29. The molecule has 0 aliphatic carbocycles. The van der Waals surface area contributed by atoms with E-state index in [2.05, 4.69) is 10.3 Å². The molecule has 0 aliphatic rings. The van der Waals surface area contributed by atoms with E-state index in [9.17, 15) is 13.2 Å². The number of rotatable bonds is 4. The van der Waals surface area contributed by atoms with Crippen LogP contribution in [0.3, 0.4) is 0 Å². The number of ether oxygens (including phenoxy) is 1. The Balaban J connectivity index is 1.72. The van der Waals surface area contributed by atoms with Crippen molar-refractivity contribution in [3.8, 4) is 22.7 Å². The van der Waals surface area contributed by atoms with Gasteiger partial charge in [-0.15, -0.1) is 5.10 Å². The highest BCUT2D eigenvalue weighted by Gasteiger charge is 2.30. The van der Waals surface area contributed by atoms with Crippen LogP contribution in [-0.4, -0.2) is 21.6 Å². The molecule has 6 nitrogen and oxygen atoms in total. The lowest BCUT2D eigenvalue weighted by atomic mass is 10.1. The maximum atomic E-state index is 12.7. The lowest BCUT2D eigenvalue weighted by Gasteiger charge is -2.08. The van der Waals surface area contributed by atoms with Gasteiger partial charge in [0.15, 0.2) is 11.3 Å². The van der Waals surface area contributed by atoms with Crippen LogP contribution in [0.5, 0.6) is 5.75 Å². The molecule has 29 heavy (non-hydrogen) atoms. The van der Waals surface area contributed by atoms with Crippen molar-refractivity contribution in [2.75, 3.05) is 6.61 Å². The number of fused-ring (bicyclic) bond motifs is 1. The number of halogens is 3. The first kappa shape index (κ1) is 18.7. The Hall–Kier alpha value is -3.62. The SMILES string of the molecule is CCOc1cccc2cc(-n3cc(-c4ccc(C(F)(F)F)cc4)nn3)c(=N)oc12. The van der Waals surface area contributed by atoms with Gasteiger partial charge in [0.05, 0.1) is 18.4 Å². The molecule has 0 fully saturated rings. The molecule has 0 saturated heterocycles. The fourth-order valence-electron chi connectivity index (χ4n) is 2.91. The zero-order valence-electron chi connectivity index (χ0n) is 15.2. The molecule has 0 atom stereocenters. The zero-order valence-corrected chi connectivity index (χ0v) is 15.2. The Morgan fingerprint density at radius 3 is 2.59 bits per heavy atom. The number of hydrogen-bond acceptors (Lipinski definition) is 5. The van der Waals surface area contributed by atoms with Crippen LogP contribution >= 0.6 is 0 Å². The molecule has 0 aliphatic heterocycles. The molecule has 0 bridgehead atoms. The molecule has 4 aromatic rings. The Morgan fingerprint density at radius 2 is 1.90 bits per heavy atom. The Bertz CT molecular complexity index is 1230. The maximum Gasteiger partial charge on any atom is 0.416 e. The molecule has 0 amide bonds. The molecule has 0 saturated carbocycles. The molecule has 0 spiro atoms. The minimum Gasteiger partial charge on any atom is -0.490 e. The number of nitrogens with one attached hydrogen (secondary N) is 1. The average molecular weight is 400 g/mol. The van der Waals surface area contributed by atoms with Crippen LogP contribution in [0.15, 0.2) is 59.1 Å². The lowest BCUT2D eigenvalue weighted by molar-refractivity contribution is -0.137. The topological polar surface area (TPSA) is 76.9 Å². The first-order valence-corrected chi connectivity index (χ1v) is 8.71. The van der Waals surface area contributed by atoms with Crippen molar-refractivity contribution < 1.29 is 22.3 Å². The van der Waals surface area contributed by atoms with Gasteiger partial charge in [-0.25, -0.2) is 4.68 Å². The predicted octanol–water partition coefficient (Wildman–Crippen LogP) is 4.58. The van der Waals surface area contributed by atoms with Gasteiger partial charge in [-0.05, 0) is 31.2 Å². The van der Waals surface area contributed by atoms with E-state index < -0.39 is 11.7 Å². The molecule has 2 aromatic heterocycles. The van der Waals surface area contributed by atoms with Gasteiger partial charge in [0, 0.05) is 10.9 Å². The zero-order chi connectivity index (χ0) is 20.6. The number of alkyl halides is 3. The summed E-state index contributed by atoms with van der Waals surface area (Å²) in [4.78, 5) is 0. The Morgan fingerprint density at radius 1 is 1.14 bits per heavy atom. The van der Waals surface area contributed by atoms with Crippen molar-refractivity contribution in [2.45, 2.75) is 13.1 Å². The van der Waals surface area contributed by atoms with E-state index in [4.69, 9.17) is 14.6 Å². The number of benzene rings is 2. The number of para-hydroxylation sites is 1. The Labute approximate surface area is 162 Å². The van der Waals surface area contributed by atoms with Crippen LogP contribution in [0.1, 0.15) is 12.5 Å². The van der Waals surface area contributed by atoms with Gasteiger partial charge in [-0.3, -0.25) is 5.41 Å². The second-order valence-electron chi connectivity index (χ2n) is 6.19. The Kier molecular flexibility index (Phi) is 4.57. The van der Waals surface area contributed by atoms with Crippen LogP contribution in [0.2, 0.25) is 0 Å². The highest BCUT2D eigenvalue weighted by Crippen LogP contribution is 2.31. The van der Waals surface area contributed by atoms with Gasteiger partial charge >= 0.3 is 6.18 Å². The maximum absolute atomic E-state index is 12.7. The molecular weight excluding hydrogens is 385 g/mol. The molecule has 1 N–H and O–H groups in total. The second kappa shape index (κ2) is 7.08. The van der Waals surface area contributed by atoms with Gasteiger partial charge in [-0.2, -0.15) is 13.2 Å². The molecule has 2 heterocycles. The lowest BCUT2D eigenvalue weighted by Crippen LogP contribution is -2.11. The monoisotopic (exact) mass is 400 g/mol. The van der Waals surface area contributed by atoms with E-state index in [1.165, 1.54) is 23.0 Å². The molecule has 9 heteroatoms. The third-order valence-electron chi connectivity index (χ3n) is 4.29. The fourth-order valence-corrected chi connectivity index (χ4v) is 2.91. The number of hydrogen-bond donors (Lipinski definition) is 1. The average Bonchev–Trinajstić information content (AvgIpc) is 3.18. The van der Waals surface area contributed by atoms with Crippen molar-refractivity contribution in [1.29, 1.82) is 5.41 Å². The fraction of sp³-hybridized carbons (Fsp3) is 0.150. The molecule has 0 unspecified atom stereocenters. The van der Waals surface area contributed by atoms with Crippen LogP contribution in [0, 0.1) is 5.41 Å². The van der Waals surface area contributed by atoms with E-state index in [0.717, 1.165) is 12.1 Å². The summed E-state index contributed by atoms with van der Waals surface area (Å²) in [7, 11) is 0. The predicted molar refractivity (Wildman–Crippen MR) is 98.6 cm³/mol. The standard InChI is InChI=1S/C20H15F3N4O2/c1-2-28-17-5-3-4-13-10-16(19(24)29-18(13)17)27-11-15(25-26-27)12-6-8-14(9-7-12)20(21,22)23/h3-11,24H,2H2,1H3. The number of nitrogens with zero attached hydrogens (tertiary/aromatic N) is 3. The second-order valence-corrected chi connectivity index (χ2v) is 6.19. The summed E-state index contributed by atoms with van der Waals surface area (Å²) < 4.78 is 50.7. The first-order valence-electron chi connectivity index (χ1n) is 8.71. The first-order chi connectivity index (χ1) is 13.9. The minimum absolute atomic E-state index is 0.145. The summed E-state index contributed by atoms with van der Waals surface area (Å²) in [6.07, 6.45) is -2.87. The van der Waals surface area contributed by atoms with Crippen LogP contribution < -0.4 is 10.3 Å². The van der Waals surface area contributed by atoms with Crippen molar-refractivity contribution in [2.24, 2.45) is 0 Å². The molecule has 4 rings (SSSR count). The summed E-state index contributed by atoms with van der Waals surface area (Å²) in [5.41, 5.74) is 0.769. The quantitative estimate of drug-likeness (QED) is 0.544. The van der Waals surface area contributed by atoms with E-state index in [-0.39, 0.29) is 5.55 Å². The molecular formula is C20H15F3N4O2. The van der Waals surface area contributed by atoms with Crippen molar-refractivity contribution >= 4 is 11.0 Å². The van der Waals surface area contributed by atoms with Crippen molar-refractivity contribution in [1.82, 2.24) is 15.0 Å². The summed E-state index contributed by atoms with van der Waals surface area (Å²) in [5.74, 6) is 0.536. The summed E-state index contributed by atoms with van der Waals surface area (Å²) in [6.45, 7) is 2.32. The molecule has 148 valence electrons. The van der Waals surface area contributed by atoms with E-state index in [1.807, 2.05) is 19.1 Å². The number of aromatic nitrogens is 3. The summed E-state index contributed by atoms with van der Waals surface area (Å²) >= 11 is 0. The third kappa shape index (κ3) is 3.58. The van der Waals surface area contributed by atoms with Crippen molar-refractivity contribution in [3.05, 3.63) is 65.8 Å². The van der Waals surface area contributed by atoms with Crippen LogP contribution in [0.4, 0.5) is 13.2 Å². The smallest absolute Gasteiger partial charge is 0.416 e. The molecule has 2 aromatic carbocycles. The highest BCUT2D eigenvalue weighted by molar-refractivity contribution is 5.83. The van der Waals surface area contributed by atoms with E-state index in [0.29, 0.717) is 40.3 Å². The van der Waals surface area contributed by atoms with Gasteiger partial charge in [-0.1, -0.05) is 29.5 Å². The van der Waals surface area contributed by atoms with E-state index in [1.54, 1.807) is 12.1 Å². The normalized spacial score (nSPS) is 11.7. The van der Waals surface area contributed by atoms with Gasteiger partial charge in [0.25, 0.3) is 0 Å². The van der Waals surface area contributed by atoms with E-state index >= 15 is 0 Å². The van der Waals surface area contributed by atoms with Crippen LogP contribution in [-0.2, 0) is 6.18 Å². The van der Waals surface area contributed by atoms with Crippen molar-refractivity contribution in [3.63, 3.8) is 0 Å². The van der Waals surface area contributed by atoms with Gasteiger partial charge in [0.2, 0.25) is 5.55 Å². The van der Waals surface area contributed by atoms with Gasteiger partial charge in [0.1, 0.15) is 11.4 Å². The summed E-state index contributed by atoms with van der Waals surface area (Å²) in [5, 5.41) is 16.9.